The summed E-state index contributed by atoms with van der Waals surface area (Å²) in [4.78, 5) is 64.0. The highest BCUT2D eigenvalue weighted by molar-refractivity contribution is 6.27. The van der Waals surface area contributed by atoms with Crippen molar-refractivity contribution in [2.75, 3.05) is 44.6 Å². The van der Waals surface area contributed by atoms with E-state index in [1.807, 2.05) is 0 Å². The second kappa shape index (κ2) is 21.9. The molecule has 260 valence electrons. The van der Waals surface area contributed by atoms with Crippen molar-refractivity contribution >= 4 is 35.5 Å². The molecule has 5 N–H and O–H groups in total. The smallest absolute Gasteiger partial charge is 0.414 e. The number of aliphatic carboxylic acids is 2. The fourth-order valence-corrected chi connectivity index (χ4v) is 6.11. The Bertz CT molecular complexity index is 1050. The number of nitrogens with one attached hydrogen (secondary N) is 1. The Morgan fingerprint density at radius 2 is 1.28 bits per heavy atom. The van der Waals surface area contributed by atoms with Crippen molar-refractivity contribution in [2.45, 2.75) is 103 Å². The molecule has 13 nitrogen and oxygen atoms in total. The van der Waals surface area contributed by atoms with E-state index in [0.29, 0.717) is 29.9 Å². The molecular weight excluding hydrogens is 596 g/mol. The van der Waals surface area contributed by atoms with Crippen LogP contribution in [0.4, 0.5) is 10.5 Å². The van der Waals surface area contributed by atoms with E-state index >= 15 is 0 Å². The van der Waals surface area contributed by atoms with Gasteiger partial charge in [-0.1, -0.05) is 52.4 Å². The van der Waals surface area contributed by atoms with Crippen LogP contribution < -0.4 is 5.32 Å². The second-order valence-electron chi connectivity index (χ2n) is 11.5. The first-order chi connectivity index (χ1) is 21.6. The zero-order valence-electron chi connectivity index (χ0n) is 27.7. The van der Waals surface area contributed by atoms with Gasteiger partial charge >= 0.3 is 18.0 Å². The van der Waals surface area contributed by atoms with Crippen LogP contribution in [0.1, 0.15) is 102 Å². The van der Waals surface area contributed by atoms with Gasteiger partial charge in [0.05, 0.1) is 6.61 Å². The maximum atomic E-state index is 14.0. The van der Waals surface area contributed by atoms with E-state index in [9.17, 15) is 14.4 Å². The molecule has 46 heavy (non-hydrogen) atoms. The molecule has 3 rings (SSSR count). The van der Waals surface area contributed by atoms with E-state index in [1.54, 1.807) is 36.1 Å². The number of benzene rings is 1. The topological polar surface area (TPSA) is 188 Å². The molecule has 2 saturated carbocycles. The average molecular weight is 651 g/mol. The number of hydrogen-bond donors (Lipinski definition) is 3. The number of amides is 3. The van der Waals surface area contributed by atoms with Gasteiger partial charge < -0.3 is 35.1 Å². The maximum absolute atomic E-state index is 14.0. The minimum absolute atomic E-state index is 0. The van der Waals surface area contributed by atoms with Gasteiger partial charge in [0.15, 0.2) is 0 Å². The standard InChI is InChI=1S/C31H50N4O4.C2H2O4.H2O/c1-4-33(5-2)22-13-23-34(30(37)25-18-20-26(21-19-25)32-31(38)39-6-3)24-29(36)35(27-14-9-7-10-15-27)28-16-11-8-12-17-28;3-1(4)2(5)6;/h18-21,27-28H,4-17,22-24H2,1-3H3,(H,32,38);(H,3,4)(H,5,6);1H2. The maximum Gasteiger partial charge on any atom is 0.414 e. The van der Waals surface area contributed by atoms with Crippen LogP contribution in [0.5, 0.6) is 0 Å². The van der Waals surface area contributed by atoms with E-state index in [2.05, 4.69) is 29.0 Å². The van der Waals surface area contributed by atoms with Gasteiger partial charge in [-0.15, -0.1) is 0 Å². The number of hydrogen-bond acceptors (Lipinski definition) is 7. The van der Waals surface area contributed by atoms with E-state index in [0.717, 1.165) is 51.7 Å². The van der Waals surface area contributed by atoms with Crippen LogP contribution in [0, 0.1) is 0 Å². The lowest BCUT2D eigenvalue weighted by Gasteiger charge is -2.42. The molecule has 0 atom stereocenters. The van der Waals surface area contributed by atoms with Gasteiger partial charge in [0.1, 0.15) is 6.54 Å². The van der Waals surface area contributed by atoms with E-state index in [4.69, 9.17) is 24.5 Å². The third-order valence-electron chi connectivity index (χ3n) is 8.47. The largest absolute Gasteiger partial charge is 0.473 e. The first kappa shape index (κ1) is 40.3. The number of carbonyl (C=O) groups excluding carboxylic acids is 3. The van der Waals surface area contributed by atoms with Crippen molar-refractivity contribution in [1.29, 1.82) is 0 Å². The fraction of sp³-hybridized carbons (Fsp3) is 0.667. The molecule has 0 aliphatic heterocycles. The van der Waals surface area contributed by atoms with Crippen LogP contribution in [0.15, 0.2) is 24.3 Å². The van der Waals surface area contributed by atoms with Crippen molar-refractivity contribution in [3.63, 3.8) is 0 Å². The quantitative estimate of drug-likeness (QED) is 0.262. The number of ether oxygens (including phenoxy) is 1. The predicted molar refractivity (Wildman–Crippen MR) is 175 cm³/mol. The Kier molecular flexibility index (Phi) is 19.2. The molecule has 0 aromatic heterocycles. The third-order valence-corrected chi connectivity index (χ3v) is 8.47. The Labute approximate surface area is 272 Å². The van der Waals surface area contributed by atoms with Gasteiger partial charge in [-0.25, -0.2) is 14.4 Å². The second-order valence-corrected chi connectivity index (χ2v) is 11.5. The zero-order valence-corrected chi connectivity index (χ0v) is 27.7. The molecule has 2 aliphatic rings. The number of nitrogens with zero attached hydrogens (tertiary/aromatic N) is 3. The van der Waals surface area contributed by atoms with Gasteiger partial charge in [-0.05, 0) is 82.9 Å². The van der Waals surface area contributed by atoms with Gasteiger partial charge in [0.25, 0.3) is 5.91 Å². The van der Waals surface area contributed by atoms with E-state index in [-0.39, 0.29) is 30.4 Å². The average Bonchev–Trinajstić information content (AvgIpc) is 3.04. The number of rotatable bonds is 13. The summed E-state index contributed by atoms with van der Waals surface area (Å²) in [5.74, 6) is -3.69. The van der Waals surface area contributed by atoms with Crippen molar-refractivity contribution in [3.8, 4) is 0 Å². The van der Waals surface area contributed by atoms with Gasteiger partial charge in [0, 0.05) is 29.9 Å². The summed E-state index contributed by atoms with van der Waals surface area (Å²) in [7, 11) is 0. The van der Waals surface area contributed by atoms with Crippen LogP contribution in [0.25, 0.3) is 0 Å². The van der Waals surface area contributed by atoms with Crippen LogP contribution in [0.3, 0.4) is 0 Å². The normalized spacial score (nSPS) is 15.0. The highest BCUT2D eigenvalue weighted by Gasteiger charge is 2.34. The summed E-state index contributed by atoms with van der Waals surface area (Å²) in [5.41, 5.74) is 1.08. The lowest BCUT2D eigenvalue weighted by molar-refractivity contribution is -0.159. The van der Waals surface area contributed by atoms with E-state index < -0.39 is 18.0 Å². The Morgan fingerprint density at radius 3 is 1.72 bits per heavy atom. The highest BCUT2D eigenvalue weighted by Crippen LogP contribution is 2.30. The summed E-state index contributed by atoms with van der Waals surface area (Å²) < 4.78 is 4.94. The SMILES string of the molecule is CCOC(=O)Nc1ccc(C(=O)N(CCCN(CC)CC)CC(=O)N(C2CCCCC2)C2CCCCC2)cc1.O.O=C(O)C(=O)O. The van der Waals surface area contributed by atoms with Crippen molar-refractivity contribution < 1.29 is 44.4 Å². The molecule has 2 fully saturated rings. The highest BCUT2D eigenvalue weighted by atomic mass is 16.5. The molecule has 0 spiro atoms. The fourth-order valence-electron chi connectivity index (χ4n) is 6.11. The number of carboxylic acid groups (broad SMARTS) is 2. The Hall–Kier alpha value is -3.71. The lowest BCUT2D eigenvalue weighted by Crippen LogP contribution is -2.53. The molecule has 1 aromatic rings. The molecular formula is C33H54N4O9. The van der Waals surface area contributed by atoms with Crippen LogP contribution >= 0.6 is 0 Å². The molecule has 1 aromatic carbocycles. The summed E-state index contributed by atoms with van der Waals surface area (Å²) in [6, 6.07) is 7.44. The van der Waals surface area contributed by atoms with Crippen molar-refractivity contribution in [2.24, 2.45) is 0 Å². The third kappa shape index (κ3) is 13.7. The zero-order chi connectivity index (χ0) is 33.2. The summed E-state index contributed by atoms with van der Waals surface area (Å²) in [5, 5.41) is 17.4. The lowest BCUT2D eigenvalue weighted by atomic mass is 9.88. The predicted octanol–water partition coefficient (Wildman–Crippen LogP) is 4.25. The molecule has 3 amide bonds. The number of anilines is 1. The first-order valence-electron chi connectivity index (χ1n) is 16.4. The van der Waals surface area contributed by atoms with Crippen LogP contribution in [-0.2, 0) is 19.1 Å². The van der Waals surface area contributed by atoms with Gasteiger partial charge in [-0.3, -0.25) is 14.9 Å². The van der Waals surface area contributed by atoms with Crippen LogP contribution in [0.2, 0.25) is 0 Å². The summed E-state index contributed by atoms with van der Waals surface area (Å²) in [6.07, 6.45) is 11.8. The summed E-state index contributed by atoms with van der Waals surface area (Å²) >= 11 is 0. The van der Waals surface area contributed by atoms with Gasteiger partial charge in [-0.2, -0.15) is 0 Å². The molecule has 0 radical (unpaired) electrons. The number of carbonyl (C=O) groups is 5. The minimum atomic E-state index is -1.82. The van der Waals surface area contributed by atoms with Gasteiger partial charge in [0.2, 0.25) is 5.91 Å². The molecule has 13 heteroatoms. The Morgan fingerprint density at radius 1 is 0.783 bits per heavy atom. The molecule has 0 bridgehead atoms. The molecule has 2 aliphatic carbocycles. The number of carboxylic acids is 2. The van der Waals surface area contributed by atoms with Crippen molar-refractivity contribution in [1.82, 2.24) is 14.7 Å². The monoisotopic (exact) mass is 650 g/mol. The summed E-state index contributed by atoms with van der Waals surface area (Å²) in [6.45, 7) is 9.81. The van der Waals surface area contributed by atoms with Crippen molar-refractivity contribution in [3.05, 3.63) is 29.8 Å². The molecule has 0 saturated heterocycles. The molecule has 0 heterocycles. The molecule has 0 unspecified atom stereocenters. The van der Waals surface area contributed by atoms with E-state index in [1.165, 1.54) is 38.5 Å². The van der Waals surface area contributed by atoms with Crippen LogP contribution in [-0.4, -0.2) is 112 Å². The Balaban J connectivity index is 0.00000138. The minimum Gasteiger partial charge on any atom is -0.473 e. The first-order valence-corrected chi connectivity index (χ1v) is 16.4.